The van der Waals surface area contributed by atoms with Gasteiger partial charge in [0.25, 0.3) is 0 Å². The van der Waals surface area contributed by atoms with Crippen LogP contribution in [0.2, 0.25) is 0 Å². The van der Waals surface area contributed by atoms with Crippen molar-refractivity contribution in [1.29, 1.82) is 0 Å². The average molecular weight is 330 g/mol. The summed E-state index contributed by atoms with van der Waals surface area (Å²) in [6.45, 7) is 4.60. The molecule has 0 aliphatic carbocycles. The largest absolute Gasteiger partial charge is 0.497 e. The van der Waals surface area contributed by atoms with Crippen molar-refractivity contribution in [3.05, 3.63) is 63.2 Å². The van der Waals surface area contributed by atoms with Gasteiger partial charge < -0.3 is 13.9 Å². The molecule has 0 spiro atoms. The molecule has 2 aromatic rings. The summed E-state index contributed by atoms with van der Waals surface area (Å²) < 4.78 is 15.2. The van der Waals surface area contributed by atoms with Gasteiger partial charge in [-0.15, -0.1) is 0 Å². The van der Waals surface area contributed by atoms with Crippen molar-refractivity contribution in [2.75, 3.05) is 7.11 Å². The molecule has 1 aromatic heterocycles. The maximum Gasteiger partial charge on any atom is 0.342 e. The van der Waals surface area contributed by atoms with Crippen LogP contribution >= 0.6 is 0 Å². The molecular weight excluding hydrogens is 312 g/mol. The molecule has 126 valence electrons. The van der Waals surface area contributed by atoms with E-state index in [4.69, 9.17) is 13.9 Å². The molecule has 1 aromatic carbocycles. The van der Waals surface area contributed by atoms with Crippen LogP contribution in [0.5, 0.6) is 5.75 Å². The summed E-state index contributed by atoms with van der Waals surface area (Å²) >= 11 is 0. The van der Waals surface area contributed by atoms with Gasteiger partial charge in [0.05, 0.1) is 7.11 Å². The first kappa shape index (κ1) is 17.5. The first-order valence-electron chi connectivity index (χ1n) is 7.34. The van der Waals surface area contributed by atoms with Gasteiger partial charge in [0.15, 0.2) is 6.10 Å². The number of carbonyl (C=O) groups is 2. The summed E-state index contributed by atoms with van der Waals surface area (Å²) in [6.07, 6.45) is -0.975. The van der Waals surface area contributed by atoms with Crippen molar-refractivity contribution in [2.24, 2.45) is 0 Å². The highest BCUT2D eigenvalue weighted by atomic mass is 16.5. The van der Waals surface area contributed by atoms with Crippen molar-refractivity contribution in [1.82, 2.24) is 0 Å². The summed E-state index contributed by atoms with van der Waals surface area (Å²) in [5.41, 5.74) is 0.467. The summed E-state index contributed by atoms with van der Waals surface area (Å²) in [5, 5.41) is 0. The second-order valence-electron chi connectivity index (χ2n) is 5.32. The van der Waals surface area contributed by atoms with Gasteiger partial charge in [0, 0.05) is 11.6 Å². The monoisotopic (exact) mass is 330 g/mol. The lowest BCUT2D eigenvalue weighted by Crippen LogP contribution is -2.25. The molecule has 1 unspecified atom stereocenters. The lowest BCUT2D eigenvalue weighted by molar-refractivity contribution is 0.0314. The van der Waals surface area contributed by atoms with E-state index in [0.29, 0.717) is 16.9 Å². The van der Waals surface area contributed by atoms with E-state index >= 15 is 0 Å². The van der Waals surface area contributed by atoms with Gasteiger partial charge in [0.1, 0.15) is 17.1 Å². The van der Waals surface area contributed by atoms with Crippen molar-refractivity contribution >= 4 is 11.8 Å². The van der Waals surface area contributed by atoms with Gasteiger partial charge in [-0.25, -0.2) is 9.59 Å². The van der Waals surface area contributed by atoms with Gasteiger partial charge in [0.2, 0.25) is 5.78 Å². The van der Waals surface area contributed by atoms with Crippen LogP contribution in [-0.2, 0) is 4.74 Å². The zero-order valence-corrected chi connectivity index (χ0v) is 13.9. The van der Waals surface area contributed by atoms with E-state index in [1.165, 1.54) is 27.0 Å². The molecule has 2 rings (SSSR count). The summed E-state index contributed by atoms with van der Waals surface area (Å²) in [4.78, 5) is 35.9. The van der Waals surface area contributed by atoms with E-state index < -0.39 is 17.7 Å². The SMILES string of the molecule is COc1ccc(C(=O)C(C)OC(=O)c2c(C)cc(=O)oc2C)cc1. The average Bonchev–Trinajstić information content (AvgIpc) is 2.53. The van der Waals surface area contributed by atoms with Crippen LogP contribution < -0.4 is 10.4 Å². The smallest absolute Gasteiger partial charge is 0.342 e. The molecule has 24 heavy (non-hydrogen) atoms. The number of hydrogen-bond donors (Lipinski definition) is 0. The van der Waals surface area contributed by atoms with E-state index in [0.717, 1.165) is 0 Å². The zero-order valence-electron chi connectivity index (χ0n) is 13.9. The van der Waals surface area contributed by atoms with E-state index in [2.05, 4.69) is 0 Å². The Labute approximate surface area is 139 Å². The Balaban J connectivity index is 2.16. The second kappa shape index (κ2) is 7.12. The molecule has 0 radical (unpaired) electrons. The predicted molar refractivity (Wildman–Crippen MR) is 86.7 cm³/mol. The van der Waals surface area contributed by atoms with Crippen molar-refractivity contribution in [3.8, 4) is 5.75 Å². The Bertz CT molecular complexity index is 790. The first-order valence-corrected chi connectivity index (χ1v) is 7.34. The number of carbonyl (C=O) groups excluding carboxylic acids is 2. The third-order valence-corrected chi connectivity index (χ3v) is 3.57. The highest BCUT2D eigenvalue weighted by Gasteiger charge is 2.23. The van der Waals surface area contributed by atoms with Crippen LogP contribution in [0, 0.1) is 13.8 Å². The van der Waals surface area contributed by atoms with Gasteiger partial charge in [-0.3, -0.25) is 4.79 Å². The topological polar surface area (TPSA) is 82.8 Å². The Hall–Kier alpha value is -2.89. The molecule has 1 atom stereocenters. The molecule has 6 nitrogen and oxygen atoms in total. The molecule has 0 amide bonds. The molecule has 6 heteroatoms. The second-order valence-corrected chi connectivity index (χ2v) is 5.32. The lowest BCUT2D eigenvalue weighted by Gasteiger charge is -2.14. The Kier molecular flexibility index (Phi) is 5.18. The van der Waals surface area contributed by atoms with E-state index in [-0.39, 0.29) is 17.1 Å². The molecule has 0 saturated heterocycles. The molecule has 0 N–H and O–H groups in total. The van der Waals surface area contributed by atoms with E-state index in [1.807, 2.05) is 0 Å². The Morgan fingerprint density at radius 3 is 2.29 bits per heavy atom. The highest BCUT2D eigenvalue weighted by molar-refractivity contribution is 6.01. The Morgan fingerprint density at radius 2 is 1.75 bits per heavy atom. The number of aryl methyl sites for hydroxylation is 2. The number of benzene rings is 1. The molecule has 1 heterocycles. The van der Waals surface area contributed by atoms with Crippen LogP contribution in [0.4, 0.5) is 0 Å². The minimum atomic E-state index is -0.975. The van der Waals surface area contributed by atoms with Crippen molar-refractivity contribution in [3.63, 3.8) is 0 Å². The number of ether oxygens (including phenoxy) is 2. The number of rotatable bonds is 5. The number of hydrogen-bond acceptors (Lipinski definition) is 6. The number of esters is 1. The van der Waals surface area contributed by atoms with Crippen LogP contribution in [-0.4, -0.2) is 25.0 Å². The van der Waals surface area contributed by atoms with Crippen LogP contribution in [0.25, 0.3) is 0 Å². The molecule has 0 saturated carbocycles. The Morgan fingerprint density at radius 1 is 1.12 bits per heavy atom. The summed E-state index contributed by atoms with van der Waals surface area (Å²) in [6, 6.07) is 7.72. The van der Waals surface area contributed by atoms with Gasteiger partial charge in [-0.05, 0) is 50.6 Å². The maximum atomic E-state index is 12.3. The van der Waals surface area contributed by atoms with Gasteiger partial charge in [-0.2, -0.15) is 0 Å². The zero-order chi connectivity index (χ0) is 17.9. The van der Waals surface area contributed by atoms with E-state index in [1.54, 1.807) is 31.2 Å². The minimum Gasteiger partial charge on any atom is -0.497 e. The molecule has 0 fully saturated rings. The standard InChI is InChI=1S/C18H18O6/c1-10-9-15(19)23-11(2)16(10)18(21)24-12(3)17(20)13-5-7-14(22-4)8-6-13/h5-9,12H,1-4H3. The third kappa shape index (κ3) is 3.71. The minimum absolute atomic E-state index is 0.156. The fraction of sp³-hybridized carbons (Fsp3) is 0.278. The van der Waals surface area contributed by atoms with Crippen molar-refractivity contribution < 1.29 is 23.5 Å². The van der Waals surface area contributed by atoms with Crippen molar-refractivity contribution in [2.45, 2.75) is 26.9 Å². The maximum absolute atomic E-state index is 12.3. The summed E-state index contributed by atoms with van der Waals surface area (Å²) in [5.74, 6) is -0.252. The number of ketones is 1. The fourth-order valence-electron chi connectivity index (χ4n) is 2.33. The van der Waals surface area contributed by atoms with Gasteiger partial charge >= 0.3 is 11.6 Å². The molecule has 0 bridgehead atoms. The molecule has 0 aliphatic rings. The summed E-state index contributed by atoms with van der Waals surface area (Å²) in [7, 11) is 1.53. The quantitative estimate of drug-likeness (QED) is 0.619. The van der Waals surface area contributed by atoms with Crippen LogP contribution in [0.3, 0.4) is 0 Å². The van der Waals surface area contributed by atoms with Crippen LogP contribution in [0.15, 0.2) is 39.5 Å². The van der Waals surface area contributed by atoms with Crippen LogP contribution in [0.1, 0.15) is 39.0 Å². The lowest BCUT2D eigenvalue weighted by atomic mass is 10.1. The first-order chi connectivity index (χ1) is 11.3. The van der Waals surface area contributed by atoms with E-state index in [9.17, 15) is 14.4 Å². The molecular formula is C18H18O6. The fourth-order valence-corrected chi connectivity index (χ4v) is 2.33. The van der Waals surface area contributed by atoms with Gasteiger partial charge in [-0.1, -0.05) is 0 Å². The molecule has 0 aliphatic heterocycles. The third-order valence-electron chi connectivity index (χ3n) is 3.57. The highest BCUT2D eigenvalue weighted by Crippen LogP contribution is 2.17. The number of methoxy groups -OCH3 is 1. The normalized spacial score (nSPS) is 11.7. The predicted octanol–water partition coefficient (Wildman–Crippen LogP) is 2.69. The number of Topliss-reactive ketones (excluding diaryl/α,β-unsaturated/α-hetero) is 1.